The molecule has 6 nitrogen and oxygen atoms in total. The predicted octanol–water partition coefficient (Wildman–Crippen LogP) is 5.73. The standard InChI is InChI=1S/C25H29F3N2O4/c1-4-33-19-6-8-20(9-7-19)34-22-10-5-18(25(26,27)28)15-21(22)29-23(31)17-11-13-30(14-12-17)24(32)16(2)3/h5-10,15-17H,4,11-14H2,1-3H3,(H,29,31). The van der Waals surface area contributed by atoms with Crippen molar-refractivity contribution in [1.29, 1.82) is 0 Å². The number of piperidine rings is 1. The lowest BCUT2D eigenvalue weighted by Crippen LogP contribution is -2.43. The van der Waals surface area contributed by atoms with Crippen LogP contribution >= 0.6 is 0 Å². The van der Waals surface area contributed by atoms with Gasteiger partial charge < -0.3 is 19.7 Å². The van der Waals surface area contributed by atoms with Crippen molar-refractivity contribution in [3.8, 4) is 17.2 Å². The van der Waals surface area contributed by atoms with E-state index >= 15 is 0 Å². The second-order valence-corrected chi connectivity index (χ2v) is 8.46. The van der Waals surface area contributed by atoms with Gasteiger partial charge in [-0.25, -0.2) is 0 Å². The Kier molecular flexibility index (Phi) is 8.06. The highest BCUT2D eigenvalue weighted by atomic mass is 19.4. The summed E-state index contributed by atoms with van der Waals surface area (Å²) in [5.74, 6) is 0.215. The Bertz CT molecular complexity index is 998. The van der Waals surface area contributed by atoms with Crippen molar-refractivity contribution in [2.75, 3.05) is 25.0 Å². The molecule has 0 atom stereocenters. The van der Waals surface area contributed by atoms with Crippen LogP contribution in [0.15, 0.2) is 42.5 Å². The van der Waals surface area contributed by atoms with Gasteiger partial charge in [-0.1, -0.05) is 13.8 Å². The first kappa shape index (κ1) is 25.4. The molecule has 3 rings (SSSR count). The van der Waals surface area contributed by atoms with E-state index in [-0.39, 0.29) is 23.3 Å². The van der Waals surface area contributed by atoms with Crippen molar-refractivity contribution in [1.82, 2.24) is 4.90 Å². The molecule has 1 heterocycles. The number of nitrogens with one attached hydrogen (secondary N) is 1. The first-order valence-corrected chi connectivity index (χ1v) is 11.3. The van der Waals surface area contributed by atoms with Crippen molar-refractivity contribution in [3.05, 3.63) is 48.0 Å². The maximum atomic E-state index is 13.3. The second-order valence-electron chi connectivity index (χ2n) is 8.46. The van der Waals surface area contributed by atoms with Gasteiger partial charge in [0.05, 0.1) is 17.9 Å². The monoisotopic (exact) mass is 478 g/mol. The number of rotatable bonds is 7. The summed E-state index contributed by atoms with van der Waals surface area (Å²) in [5.41, 5.74) is -0.950. The van der Waals surface area contributed by atoms with Crippen molar-refractivity contribution in [2.24, 2.45) is 11.8 Å². The molecule has 0 bridgehead atoms. The summed E-state index contributed by atoms with van der Waals surface area (Å²) in [7, 11) is 0. The molecule has 9 heteroatoms. The number of hydrogen-bond donors (Lipinski definition) is 1. The fraction of sp³-hybridized carbons (Fsp3) is 0.440. The van der Waals surface area contributed by atoms with Crippen LogP contribution in [0.3, 0.4) is 0 Å². The number of nitrogens with zero attached hydrogens (tertiary/aromatic N) is 1. The van der Waals surface area contributed by atoms with E-state index in [1.807, 2.05) is 20.8 Å². The van der Waals surface area contributed by atoms with Crippen molar-refractivity contribution in [3.63, 3.8) is 0 Å². The van der Waals surface area contributed by atoms with E-state index in [0.29, 0.717) is 44.0 Å². The van der Waals surface area contributed by atoms with Crippen molar-refractivity contribution < 1.29 is 32.2 Å². The Labute approximate surface area is 197 Å². The smallest absolute Gasteiger partial charge is 0.416 e. The van der Waals surface area contributed by atoms with Crippen LogP contribution in [0, 0.1) is 11.8 Å². The largest absolute Gasteiger partial charge is 0.494 e. The molecule has 1 aliphatic heterocycles. The summed E-state index contributed by atoms with van der Waals surface area (Å²) in [6, 6.07) is 9.62. The lowest BCUT2D eigenvalue weighted by atomic mass is 9.95. The predicted molar refractivity (Wildman–Crippen MR) is 122 cm³/mol. The minimum Gasteiger partial charge on any atom is -0.494 e. The lowest BCUT2D eigenvalue weighted by molar-refractivity contribution is -0.137. The summed E-state index contributed by atoms with van der Waals surface area (Å²) in [6.45, 7) is 6.87. The van der Waals surface area contributed by atoms with Crippen LogP contribution in [-0.4, -0.2) is 36.4 Å². The van der Waals surface area contributed by atoms with Gasteiger partial charge in [-0.3, -0.25) is 9.59 Å². The fourth-order valence-electron chi connectivity index (χ4n) is 3.75. The number of carbonyl (C=O) groups excluding carboxylic acids is 2. The van der Waals surface area contributed by atoms with Crippen LogP contribution in [0.4, 0.5) is 18.9 Å². The molecule has 2 amide bonds. The average Bonchev–Trinajstić information content (AvgIpc) is 2.80. The molecule has 0 saturated carbocycles. The van der Waals surface area contributed by atoms with Crippen molar-refractivity contribution >= 4 is 17.5 Å². The number of ether oxygens (including phenoxy) is 2. The Morgan fingerprint density at radius 3 is 2.24 bits per heavy atom. The van der Waals surface area contributed by atoms with Gasteiger partial charge in [0.15, 0.2) is 5.75 Å². The number of carbonyl (C=O) groups is 2. The zero-order valence-corrected chi connectivity index (χ0v) is 19.4. The number of alkyl halides is 3. The highest BCUT2D eigenvalue weighted by molar-refractivity contribution is 5.94. The molecule has 1 aliphatic rings. The molecule has 1 saturated heterocycles. The number of halogens is 3. The number of anilines is 1. The summed E-state index contributed by atoms with van der Waals surface area (Å²) in [6.07, 6.45) is -3.68. The van der Waals surface area contributed by atoms with E-state index in [1.165, 1.54) is 6.07 Å². The third-order valence-electron chi connectivity index (χ3n) is 5.60. The number of hydrogen-bond acceptors (Lipinski definition) is 4. The van der Waals surface area contributed by atoms with E-state index in [9.17, 15) is 22.8 Å². The van der Waals surface area contributed by atoms with E-state index in [2.05, 4.69) is 5.32 Å². The summed E-state index contributed by atoms with van der Waals surface area (Å²) < 4.78 is 51.1. The maximum Gasteiger partial charge on any atom is 0.416 e. The lowest BCUT2D eigenvalue weighted by Gasteiger charge is -2.32. The molecule has 0 unspecified atom stereocenters. The summed E-state index contributed by atoms with van der Waals surface area (Å²) >= 11 is 0. The van der Waals surface area contributed by atoms with Gasteiger partial charge in [0.2, 0.25) is 11.8 Å². The highest BCUT2D eigenvalue weighted by Crippen LogP contribution is 2.37. The first-order chi connectivity index (χ1) is 16.1. The Morgan fingerprint density at radius 2 is 1.68 bits per heavy atom. The molecule has 1 N–H and O–H groups in total. The molecule has 1 fully saturated rings. The molecular formula is C25H29F3N2O4. The first-order valence-electron chi connectivity index (χ1n) is 11.3. The topological polar surface area (TPSA) is 67.9 Å². The molecule has 184 valence electrons. The van der Waals surface area contributed by atoms with E-state index in [0.717, 1.165) is 12.1 Å². The van der Waals surface area contributed by atoms with Crippen LogP contribution < -0.4 is 14.8 Å². The Balaban J connectivity index is 1.76. The van der Waals surface area contributed by atoms with E-state index in [1.54, 1.807) is 29.2 Å². The molecule has 0 spiro atoms. The van der Waals surface area contributed by atoms with Crippen LogP contribution in [0.25, 0.3) is 0 Å². The average molecular weight is 479 g/mol. The van der Waals surface area contributed by atoms with Gasteiger partial charge in [-0.15, -0.1) is 0 Å². The molecule has 2 aromatic carbocycles. The normalized spacial score (nSPS) is 14.7. The number of likely N-dealkylation sites (tertiary alicyclic amines) is 1. The van der Waals surface area contributed by atoms with Crippen LogP contribution in [-0.2, 0) is 15.8 Å². The molecule has 2 aromatic rings. The minimum atomic E-state index is -4.57. The highest BCUT2D eigenvalue weighted by Gasteiger charge is 2.33. The van der Waals surface area contributed by atoms with E-state index in [4.69, 9.17) is 9.47 Å². The van der Waals surface area contributed by atoms with Gasteiger partial charge >= 0.3 is 6.18 Å². The van der Waals surface area contributed by atoms with Crippen LogP contribution in [0.5, 0.6) is 17.2 Å². The molecule has 34 heavy (non-hydrogen) atoms. The number of benzene rings is 2. The fourth-order valence-corrected chi connectivity index (χ4v) is 3.75. The second kappa shape index (κ2) is 10.8. The zero-order valence-electron chi connectivity index (χ0n) is 19.4. The third-order valence-corrected chi connectivity index (χ3v) is 5.60. The van der Waals surface area contributed by atoms with Crippen molar-refractivity contribution in [2.45, 2.75) is 39.8 Å². The van der Waals surface area contributed by atoms with Crippen LogP contribution in [0.1, 0.15) is 39.2 Å². The van der Waals surface area contributed by atoms with Gasteiger partial charge in [-0.05, 0) is 62.2 Å². The zero-order chi connectivity index (χ0) is 24.9. The molecule has 0 aliphatic carbocycles. The minimum absolute atomic E-state index is 0.0304. The maximum absolute atomic E-state index is 13.3. The van der Waals surface area contributed by atoms with Crippen LogP contribution in [0.2, 0.25) is 0 Å². The van der Waals surface area contributed by atoms with Gasteiger partial charge in [0.25, 0.3) is 0 Å². The quantitative estimate of drug-likeness (QED) is 0.552. The Hall–Kier alpha value is -3.23. The van der Waals surface area contributed by atoms with Gasteiger partial charge in [-0.2, -0.15) is 13.2 Å². The third kappa shape index (κ3) is 6.42. The van der Waals surface area contributed by atoms with E-state index < -0.39 is 23.6 Å². The SMILES string of the molecule is CCOc1ccc(Oc2ccc(C(F)(F)F)cc2NC(=O)C2CCN(C(=O)C(C)C)CC2)cc1. The molecule has 0 aromatic heterocycles. The Morgan fingerprint density at radius 1 is 1.06 bits per heavy atom. The molecule has 0 radical (unpaired) electrons. The van der Waals surface area contributed by atoms with Gasteiger partial charge in [0, 0.05) is 24.9 Å². The summed E-state index contributed by atoms with van der Waals surface area (Å²) in [4.78, 5) is 26.8. The summed E-state index contributed by atoms with van der Waals surface area (Å²) in [5, 5.41) is 2.62. The van der Waals surface area contributed by atoms with Gasteiger partial charge in [0.1, 0.15) is 11.5 Å². The number of amides is 2. The molecular weight excluding hydrogens is 449 g/mol.